The Morgan fingerprint density at radius 2 is 0.653 bits per heavy atom. The fourth-order valence-electron chi connectivity index (χ4n) is 9.17. The Kier molecular flexibility index (Phi) is 13.0. The second-order valence-corrected chi connectivity index (χ2v) is 18.0. The summed E-state index contributed by atoms with van der Waals surface area (Å²) in [6, 6.07) is 93.7. The van der Waals surface area contributed by atoms with Crippen LogP contribution >= 0.6 is 0 Å². The number of nitrogens with one attached hydrogen (secondary N) is 1. The molecule has 1 aromatic heterocycles. The van der Waals surface area contributed by atoms with Crippen LogP contribution in [0.4, 0.5) is 0 Å². The van der Waals surface area contributed by atoms with Crippen molar-refractivity contribution in [3.8, 4) is 79.5 Å². The van der Waals surface area contributed by atoms with Gasteiger partial charge in [0.05, 0.1) is 17.1 Å². The number of hydrogen-bond acceptors (Lipinski definition) is 5. The van der Waals surface area contributed by atoms with E-state index in [1.165, 1.54) is 0 Å². The molecule has 0 atom stereocenters. The first kappa shape index (κ1) is 45.9. The van der Waals surface area contributed by atoms with E-state index in [-0.39, 0.29) is 0 Å². The highest BCUT2D eigenvalue weighted by atomic mass is 16.5. The second kappa shape index (κ2) is 21.3. The molecule has 6 nitrogen and oxygen atoms in total. The molecule has 0 saturated carbocycles. The number of H-pyrrole nitrogens is 1. The highest BCUT2D eigenvalue weighted by Gasteiger charge is 2.27. The van der Waals surface area contributed by atoms with Crippen LogP contribution in [0, 0.1) is 0 Å². The zero-order valence-electron chi connectivity index (χ0n) is 40.7. The second-order valence-electron chi connectivity index (χ2n) is 18.0. The standard InChI is InChI=1S/C69H48N2O4/c1-6-16-48(17-7-1)49-26-28-54(29-27-49)67(68-63(50-30-38-59(39-31-50)72-55-18-8-2-9-19-55)46-65(70-68)52-34-42-61(43-35-52)74-57-22-12-4-13-23-57)69-64(51-32-40-60(41-33-51)73-56-20-10-3-11-21-56)47-66(71-69)53-36-44-62(45-37-53)75-58-24-14-5-15-25-58/h1-47,70H/b69-67-. The number of aromatic nitrogens is 1. The highest BCUT2D eigenvalue weighted by molar-refractivity contribution is 6.20. The molecule has 11 aromatic rings. The van der Waals surface area contributed by atoms with Gasteiger partial charge >= 0.3 is 0 Å². The van der Waals surface area contributed by atoms with Crippen molar-refractivity contribution in [3.05, 3.63) is 313 Å². The molecule has 0 aliphatic carbocycles. The van der Waals surface area contributed by atoms with Gasteiger partial charge in [-0.25, -0.2) is 4.99 Å². The Bertz CT molecular complexity index is 3780. The smallest absolute Gasteiger partial charge is 0.127 e. The summed E-state index contributed by atoms with van der Waals surface area (Å²) < 4.78 is 25.1. The summed E-state index contributed by atoms with van der Waals surface area (Å²) in [7, 11) is 0. The Balaban J connectivity index is 1.03. The Labute approximate surface area is 436 Å². The lowest BCUT2D eigenvalue weighted by molar-refractivity contribution is 0.482. The molecular formula is C69H48N2O4. The number of ether oxygens (including phenoxy) is 4. The van der Waals surface area contributed by atoms with Gasteiger partial charge in [-0.05, 0) is 167 Å². The average molecular weight is 969 g/mol. The van der Waals surface area contributed by atoms with Crippen LogP contribution in [0.3, 0.4) is 0 Å². The molecule has 12 rings (SSSR count). The number of allylic oxidation sites excluding steroid dienone is 2. The lowest BCUT2D eigenvalue weighted by Crippen LogP contribution is -1.98. The topological polar surface area (TPSA) is 65.1 Å². The first-order valence-corrected chi connectivity index (χ1v) is 24.9. The van der Waals surface area contributed by atoms with Crippen LogP contribution < -0.4 is 18.9 Å². The molecule has 0 radical (unpaired) electrons. The first-order chi connectivity index (χ1) is 37.1. The minimum absolute atomic E-state index is 0.733. The number of aromatic amines is 1. The third-order valence-corrected chi connectivity index (χ3v) is 12.9. The molecule has 1 aliphatic rings. The molecule has 1 aliphatic heterocycles. The summed E-state index contributed by atoms with van der Waals surface area (Å²) in [4.78, 5) is 9.63. The van der Waals surface area contributed by atoms with E-state index in [0.29, 0.717) is 0 Å². The molecule has 10 aromatic carbocycles. The zero-order chi connectivity index (χ0) is 50.2. The molecule has 2 heterocycles. The molecule has 75 heavy (non-hydrogen) atoms. The molecule has 0 unspecified atom stereocenters. The molecular weight excluding hydrogens is 921 g/mol. The van der Waals surface area contributed by atoms with Crippen LogP contribution in [-0.4, -0.2) is 10.7 Å². The van der Waals surface area contributed by atoms with E-state index >= 15 is 0 Å². The maximum Gasteiger partial charge on any atom is 0.127 e. The minimum Gasteiger partial charge on any atom is -0.457 e. The van der Waals surface area contributed by atoms with Crippen molar-refractivity contribution in [2.24, 2.45) is 4.99 Å². The molecule has 0 amide bonds. The maximum atomic E-state index is 6.30. The molecule has 1 N–H and O–H groups in total. The number of rotatable bonds is 15. The average Bonchev–Trinajstić information content (AvgIpc) is 4.13. The van der Waals surface area contributed by atoms with Crippen LogP contribution in [-0.2, 0) is 0 Å². The summed E-state index contributed by atoms with van der Waals surface area (Å²) in [5.41, 5.74) is 13.5. The number of nitrogens with zero attached hydrogens (tertiary/aromatic N) is 1. The van der Waals surface area contributed by atoms with Crippen LogP contribution in [0.2, 0.25) is 0 Å². The van der Waals surface area contributed by atoms with E-state index in [1.54, 1.807) is 0 Å². The predicted molar refractivity (Wildman–Crippen MR) is 303 cm³/mol. The van der Waals surface area contributed by atoms with Crippen molar-refractivity contribution < 1.29 is 18.9 Å². The van der Waals surface area contributed by atoms with Crippen molar-refractivity contribution in [2.75, 3.05) is 0 Å². The predicted octanol–water partition coefficient (Wildman–Crippen LogP) is 18.5. The van der Waals surface area contributed by atoms with Gasteiger partial charge in [0.1, 0.15) is 46.0 Å². The van der Waals surface area contributed by atoms with Gasteiger partial charge in [0.15, 0.2) is 0 Å². The summed E-state index contributed by atoms with van der Waals surface area (Å²) in [5, 5.41) is 0. The van der Waals surface area contributed by atoms with Gasteiger partial charge in [-0.15, -0.1) is 0 Å². The normalized spacial score (nSPS) is 12.6. The van der Waals surface area contributed by atoms with Crippen molar-refractivity contribution in [3.63, 3.8) is 0 Å². The molecule has 0 bridgehead atoms. The van der Waals surface area contributed by atoms with E-state index < -0.39 is 0 Å². The van der Waals surface area contributed by atoms with E-state index in [4.69, 9.17) is 23.9 Å². The lowest BCUT2D eigenvalue weighted by atomic mass is 9.90. The minimum atomic E-state index is 0.733. The van der Waals surface area contributed by atoms with E-state index in [2.05, 4.69) is 114 Å². The Morgan fingerprint density at radius 1 is 0.307 bits per heavy atom. The maximum absolute atomic E-state index is 6.30. The van der Waals surface area contributed by atoms with Gasteiger partial charge in [-0.1, -0.05) is 152 Å². The summed E-state index contributed by atoms with van der Waals surface area (Å²) >= 11 is 0. The van der Waals surface area contributed by atoms with Crippen molar-refractivity contribution in [1.82, 2.24) is 4.98 Å². The Hall–Kier alpha value is -10.2. The third-order valence-electron chi connectivity index (χ3n) is 12.9. The highest BCUT2D eigenvalue weighted by Crippen LogP contribution is 2.45. The van der Waals surface area contributed by atoms with Gasteiger partial charge in [-0.2, -0.15) is 0 Å². The van der Waals surface area contributed by atoms with Crippen LogP contribution in [0.15, 0.2) is 296 Å². The number of hydrogen-bond donors (Lipinski definition) is 1. The fourth-order valence-corrected chi connectivity index (χ4v) is 9.17. The molecule has 0 saturated heterocycles. The summed E-state index contributed by atoms with van der Waals surface area (Å²) in [6.07, 6.45) is 2.19. The van der Waals surface area contributed by atoms with E-state index in [1.807, 2.05) is 176 Å². The van der Waals surface area contributed by atoms with Crippen LogP contribution in [0.5, 0.6) is 46.0 Å². The van der Waals surface area contributed by atoms with Crippen molar-refractivity contribution >= 4 is 16.9 Å². The summed E-state index contributed by atoms with van der Waals surface area (Å²) in [5.74, 6) is 6.04. The SMILES string of the molecule is C1=C(c2ccc(Oc3ccccc3)cc2)/C(=C(\c2ccc(-c3ccccc3)cc2)c2[nH]c(-c3ccc(Oc4ccccc4)cc3)cc2-c2ccc(Oc3ccccc3)cc2)N=C1c1ccc(Oc2ccccc2)cc1. The van der Waals surface area contributed by atoms with Gasteiger partial charge in [0.2, 0.25) is 0 Å². The van der Waals surface area contributed by atoms with E-state index in [0.717, 1.165) is 124 Å². The fraction of sp³-hybridized carbons (Fsp3) is 0. The van der Waals surface area contributed by atoms with Gasteiger partial charge < -0.3 is 23.9 Å². The quantitative estimate of drug-likeness (QED) is 0.111. The van der Waals surface area contributed by atoms with Gasteiger partial charge in [-0.3, -0.25) is 0 Å². The monoisotopic (exact) mass is 968 g/mol. The lowest BCUT2D eigenvalue weighted by Gasteiger charge is -2.16. The summed E-state index contributed by atoms with van der Waals surface area (Å²) in [6.45, 7) is 0. The molecule has 358 valence electrons. The third kappa shape index (κ3) is 10.6. The Morgan fingerprint density at radius 3 is 1.09 bits per heavy atom. The van der Waals surface area contributed by atoms with Crippen molar-refractivity contribution in [1.29, 1.82) is 0 Å². The molecule has 0 fully saturated rings. The van der Waals surface area contributed by atoms with Crippen LogP contribution in [0.25, 0.3) is 44.7 Å². The van der Waals surface area contributed by atoms with Crippen molar-refractivity contribution in [2.45, 2.75) is 0 Å². The van der Waals surface area contributed by atoms with Gasteiger partial charge in [0, 0.05) is 28.0 Å². The largest absolute Gasteiger partial charge is 0.457 e. The molecule has 6 heteroatoms. The zero-order valence-corrected chi connectivity index (χ0v) is 40.7. The van der Waals surface area contributed by atoms with Gasteiger partial charge in [0.25, 0.3) is 0 Å². The van der Waals surface area contributed by atoms with Crippen LogP contribution in [0.1, 0.15) is 22.4 Å². The number of para-hydroxylation sites is 4. The number of benzene rings is 10. The molecule has 0 spiro atoms. The first-order valence-electron chi connectivity index (χ1n) is 24.9. The van der Waals surface area contributed by atoms with E-state index in [9.17, 15) is 0 Å². The number of aliphatic imine (C=N–C) groups is 1.